The lowest BCUT2D eigenvalue weighted by atomic mass is 10.1. The van der Waals surface area contributed by atoms with Gasteiger partial charge in [-0.2, -0.15) is 5.10 Å². The van der Waals surface area contributed by atoms with Gasteiger partial charge in [-0.1, -0.05) is 13.3 Å². The summed E-state index contributed by atoms with van der Waals surface area (Å²) in [4.78, 5) is 8.34. The van der Waals surface area contributed by atoms with Gasteiger partial charge in [-0.15, -0.1) is 0 Å². The van der Waals surface area contributed by atoms with Crippen molar-refractivity contribution in [2.45, 2.75) is 26.4 Å². The maximum atomic E-state index is 9.18. The van der Waals surface area contributed by atoms with Gasteiger partial charge < -0.3 is 5.11 Å². The maximum absolute atomic E-state index is 9.18. The highest BCUT2D eigenvalue weighted by atomic mass is 16.3. The SMILES string of the molecule is CCCc1cc(CO)cc(-n2cncn2)n1. The fourth-order valence-corrected chi connectivity index (χ4v) is 1.55. The van der Waals surface area contributed by atoms with Crippen LogP contribution in [0.2, 0.25) is 0 Å². The molecule has 0 spiro atoms. The Kier molecular flexibility index (Phi) is 3.26. The lowest BCUT2D eigenvalue weighted by molar-refractivity contribution is 0.281. The number of pyridine rings is 1. The van der Waals surface area contributed by atoms with Crippen LogP contribution in [0, 0.1) is 0 Å². The first-order chi connectivity index (χ1) is 7.83. The van der Waals surface area contributed by atoms with E-state index in [0.717, 1.165) is 24.1 Å². The van der Waals surface area contributed by atoms with Crippen LogP contribution in [-0.2, 0) is 13.0 Å². The minimum Gasteiger partial charge on any atom is -0.392 e. The molecule has 0 unspecified atom stereocenters. The average molecular weight is 218 g/mol. The van der Waals surface area contributed by atoms with Crippen molar-refractivity contribution >= 4 is 0 Å². The zero-order valence-corrected chi connectivity index (χ0v) is 9.17. The molecule has 16 heavy (non-hydrogen) atoms. The first-order valence-corrected chi connectivity index (χ1v) is 5.29. The molecule has 5 heteroatoms. The molecule has 0 aromatic carbocycles. The van der Waals surface area contributed by atoms with E-state index in [1.54, 1.807) is 11.0 Å². The number of aliphatic hydroxyl groups excluding tert-OH is 1. The summed E-state index contributed by atoms with van der Waals surface area (Å²) in [7, 11) is 0. The standard InChI is InChI=1S/C11H14N4O/c1-2-3-10-4-9(6-16)5-11(14-10)15-8-12-7-13-15/h4-5,7-8,16H,2-3,6H2,1H3. The van der Waals surface area contributed by atoms with E-state index in [-0.39, 0.29) is 6.61 Å². The highest BCUT2D eigenvalue weighted by molar-refractivity contribution is 5.29. The van der Waals surface area contributed by atoms with Crippen LogP contribution < -0.4 is 0 Å². The molecule has 0 aliphatic rings. The van der Waals surface area contributed by atoms with Gasteiger partial charge >= 0.3 is 0 Å². The summed E-state index contributed by atoms with van der Waals surface area (Å²) in [5.41, 5.74) is 1.82. The van der Waals surface area contributed by atoms with Crippen LogP contribution >= 0.6 is 0 Å². The van der Waals surface area contributed by atoms with Crippen molar-refractivity contribution in [3.63, 3.8) is 0 Å². The molecule has 0 saturated heterocycles. The van der Waals surface area contributed by atoms with E-state index in [0.29, 0.717) is 5.82 Å². The minimum atomic E-state index is 0.0148. The zero-order chi connectivity index (χ0) is 11.4. The van der Waals surface area contributed by atoms with E-state index < -0.39 is 0 Å². The van der Waals surface area contributed by atoms with Crippen molar-refractivity contribution in [2.75, 3.05) is 0 Å². The molecule has 0 amide bonds. The maximum Gasteiger partial charge on any atom is 0.155 e. The second-order valence-corrected chi connectivity index (χ2v) is 3.57. The zero-order valence-electron chi connectivity index (χ0n) is 9.17. The van der Waals surface area contributed by atoms with Crippen molar-refractivity contribution < 1.29 is 5.11 Å². The van der Waals surface area contributed by atoms with Crippen LogP contribution in [0.1, 0.15) is 24.6 Å². The Labute approximate surface area is 93.8 Å². The Bertz CT molecular complexity index is 453. The predicted molar refractivity (Wildman–Crippen MR) is 59.1 cm³/mol. The molecule has 84 valence electrons. The van der Waals surface area contributed by atoms with E-state index in [1.165, 1.54) is 6.33 Å². The first kappa shape index (κ1) is 10.8. The topological polar surface area (TPSA) is 63.8 Å². The summed E-state index contributed by atoms with van der Waals surface area (Å²) in [6.45, 7) is 2.11. The molecule has 1 N–H and O–H groups in total. The van der Waals surface area contributed by atoms with Gasteiger partial charge in [0, 0.05) is 5.69 Å². The average Bonchev–Trinajstić information content (AvgIpc) is 2.82. The lowest BCUT2D eigenvalue weighted by Gasteiger charge is -2.06. The van der Waals surface area contributed by atoms with Gasteiger partial charge in [0.25, 0.3) is 0 Å². The third-order valence-electron chi connectivity index (χ3n) is 2.27. The van der Waals surface area contributed by atoms with Crippen LogP contribution in [0.4, 0.5) is 0 Å². The molecular formula is C11H14N4O. The third kappa shape index (κ3) is 2.25. The van der Waals surface area contributed by atoms with Gasteiger partial charge in [-0.3, -0.25) is 0 Å². The quantitative estimate of drug-likeness (QED) is 0.834. The largest absolute Gasteiger partial charge is 0.392 e. The number of hydrogen-bond donors (Lipinski definition) is 1. The van der Waals surface area contributed by atoms with Crippen molar-refractivity contribution in [1.29, 1.82) is 0 Å². The molecule has 0 atom stereocenters. The van der Waals surface area contributed by atoms with Gasteiger partial charge in [-0.25, -0.2) is 14.6 Å². The van der Waals surface area contributed by atoms with Crippen molar-refractivity contribution in [3.05, 3.63) is 36.0 Å². The van der Waals surface area contributed by atoms with Crippen molar-refractivity contribution in [2.24, 2.45) is 0 Å². The molecule has 2 aromatic rings. The Morgan fingerprint density at radius 1 is 1.38 bits per heavy atom. The molecule has 0 bridgehead atoms. The van der Waals surface area contributed by atoms with Crippen LogP contribution in [0.3, 0.4) is 0 Å². The highest BCUT2D eigenvalue weighted by Crippen LogP contribution is 2.10. The van der Waals surface area contributed by atoms with Gasteiger partial charge in [0.1, 0.15) is 12.7 Å². The van der Waals surface area contributed by atoms with Crippen molar-refractivity contribution in [3.8, 4) is 5.82 Å². The fraction of sp³-hybridized carbons (Fsp3) is 0.364. The van der Waals surface area contributed by atoms with Crippen molar-refractivity contribution in [1.82, 2.24) is 19.7 Å². The Morgan fingerprint density at radius 2 is 2.25 bits per heavy atom. The molecule has 2 heterocycles. The number of aryl methyl sites for hydroxylation is 1. The van der Waals surface area contributed by atoms with E-state index >= 15 is 0 Å². The van der Waals surface area contributed by atoms with E-state index in [4.69, 9.17) is 0 Å². The Morgan fingerprint density at radius 3 is 2.88 bits per heavy atom. The fourth-order valence-electron chi connectivity index (χ4n) is 1.55. The number of aromatic nitrogens is 4. The number of rotatable bonds is 4. The highest BCUT2D eigenvalue weighted by Gasteiger charge is 2.04. The Hall–Kier alpha value is -1.75. The van der Waals surface area contributed by atoms with Crippen LogP contribution in [0.25, 0.3) is 5.82 Å². The van der Waals surface area contributed by atoms with Crippen LogP contribution in [-0.4, -0.2) is 24.9 Å². The van der Waals surface area contributed by atoms with E-state index in [2.05, 4.69) is 22.0 Å². The summed E-state index contributed by atoms with van der Waals surface area (Å²) in [5.74, 6) is 0.701. The minimum absolute atomic E-state index is 0.0148. The second-order valence-electron chi connectivity index (χ2n) is 3.57. The summed E-state index contributed by atoms with van der Waals surface area (Å²) in [5, 5.41) is 13.2. The molecule has 0 fully saturated rings. The molecule has 0 aliphatic carbocycles. The molecular weight excluding hydrogens is 204 g/mol. The Balaban J connectivity index is 2.41. The smallest absolute Gasteiger partial charge is 0.155 e. The summed E-state index contributed by atoms with van der Waals surface area (Å²) < 4.78 is 1.60. The molecule has 0 saturated carbocycles. The summed E-state index contributed by atoms with van der Waals surface area (Å²) in [6.07, 6.45) is 4.99. The first-order valence-electron chi connectivity index (χ1n) is 5.29. The monoisotopic (exact) mass is 218 g/mol. The number of nitrogens with zero attached hydrogens (tertiary/aromatic N) is 4. The van der Waals surface area contributed by atoms with Gasteiger partial charge in [0.15, 0.2) is 5.82 Å². The van der Waals surface area contributed by atoms with E-state index in [9.17, 15) is 5.11 Å². The molecule has 5 nitrogen and oxygen atoms in total. The molecule has 0 radical (unpaired) electrons. The summed E-state index contributed by atoms with van der Waals surface area (Å²) >= 11 is 0. The molecule has 2 aromatic heterocycles. The molecule has 2 rings (SSSR count). The number of aliphatic hydroxyl groups is 1. The molecule has 0 aliphatic heterocycles. The van der Waals surface area contributed by atoms with Crippen LogP contribution in [0.15, 0.2) is 24.8 Å². The van der Waals surface area contributed by atoms with Gasteiger partial charge in [0.05, 0.1) is 6.61 Å². The van der Waals surface area contributed by atoms with Gasteiger partial charge in [-0.05, 0) is 24.1 Å². The second kappa shape index (κ2) is 4.85. The van der Waals surface area contributed by atoms with E-state index in [1.807, 2.05) is 12.1 Å². The van der Waals surface area contributed by atoms with Gasteiger partial charge in [0.2, 0.25) is 0 Å². The lowest BCUT2D eigenvalue weighted by Crippen LogP contribution is -2.03. The number of hydrogen-bond acceptors (Lipinski definition) is 4. The van der Waals surface area contributed by atoms with Crippen LogP contribution in [0.5, 0.6) is 0 Å². The third-order valence-corrected chi connectivity index (χ3v) is 2.27. The predicted octanol–water partition coefficient (Wildman–Crippen LogP) is 1.11. The summed E-state index contributed by atoms with van der Waals surface area (Å²) in [6, 6.07) is 3.73. The normalized spacial score (nSPS) is 10.6.